The largest absolute Gasteiger partial charge is 0.481 e. The van der Waals surface area contributed by atoms with Crippen molar-refractivity contribution in [1.29, 1.82) is 0 Å². The van der Waals surface area contributed by atoms with E-state index in [2.05, 4.69) is 16.0 Å². The lowest BCUT2D eigenvalue weighted by molar-refractivity contribution is -0.143. The van der Waals surface area contributed by atoms with Gasteiger partial charge in [-0.05, 0) is 26.7 Å². The van der Waals surface area contributed by atoms with E-state index in [1.165, 1.54) is 0 Å². The van der Waals surface area contributed by atoms with Crippen LogP contribution in [0.1, 0.15) is 52.4 Å². The summed E-state index contributed by atoms with van der Waals surface area (Å²) in [4.78, 5) is 118. The van der Waals surface area contributed by atoms with Crippen LogP contribution in [-0.4, -0.2) is 121 Å². The predicted octanol–water partition coefficient (Wildman–Crippen LogP) is -4.46. The van der Waals surface area contributed by atoms with Crippen molar-refractivity contribution in [2.75, 3.05) is 0 Å². The molecule has 0 rings (SSSR count). The average molecular weight is 649 g/mol. The van der Waals surface area contributed by atoms with Crippen molar-refractivity contribution >= 4 is 59.4 Å². The van der Waals surface area contributed by atoms with Crippen molar-refractivity contribution in [2.24, 2.45) is 5.73 Å². The molecule has 0 aliphatic rings. The molecule has 0 bridgehead atoms. The normalized spacial score (nSPS) is 14.6. The van der Waals surface area contributed by atoms with Crippen LogP contribution in [0.25, 0.3) is 0 Å². The lowest BCUT2D eigenvalue weighted by Crippen LogP contribution is -2.59. The van der Waals surface area contributed by atoms with Gasteiger partial charge in [0.1, 0.15) is 30.2 Å². The molecule has 12 N–H and O–H groups in total. The van der Waals surface area contributed by atoms with E-state index >= 15 is 0 Å². The molecule has 0 saturated heterocycles. The van der Waals surface area contributed by atoms with E-state index in [4.69, 9.17) is 26.2 Å². The van der Waals surface area contributed by atoms with Crippen LogP contribution < -0.4 is 32.3 Å². The minimum absolute atomic E-state index is 0.509. The summed E-state index contributed by atoms with van der Waals surface area (Å²) in [7, 11) is 0. The second kappa shape index (κ2) is 19.0. The first-order valence-corrected chi connectivity index (χ1v) is 13.1. The number of carboxylic acid groups (broad SMARTS) is 5. The second-order valence-electron chi connectivity index (χ2n) is 9.65. The first-order valence-electron chi connectivity index (χ1n) is 13.1. The number of carboxylic acids is 5. The summed E-state index contributed by atoms with van der Waals surface area (Å²) in [5.74, 6) is -13.0. The molecule has 6 unspecified atom stereocenters. The summed E-state index contributed by atoms with van der Waals surface area (Å²) >= 11 is 0. The standard InChI is InChI=1S/C24H36N6O15/c1-9(26-21(41)12(3-5-15(31)32)28-20(40)11(25)7-17(35)36)19(39)30-14(8-18(37)38)23(43)29-13(4-6-16(33)34)22(42)27-10(2)24(44)45/h9-14H,3-8,25H2,1-2H3,(H,26,41)(H,27,42)(H,28,40)(H,29,43)(H,30,39)(H,31,32)(H,33,34)(H,35,36)(H,37,38)(H,44,45). The lowest BCUT2D eigenvalue weighted by atomic mass is 10.1. The number of nitrogens with one attached hydrogen (secondary N) is 5. The fraction of sp³-hybridized carbons (Fsp3) is 0.583. The number of aliphatic carboxylic acids is 5. The van der Waals surface area contributed by atoms with Gasteiger partial charge in [-0.3, -0.25) is 47.9 Å². The molecule has 0 fully saturated rings. The van der Waals surface area contributed by atoms with Gasteiger partial charge in [-0.25, -0.2) is 0 Å². The molecular weight excluding hydrogens is 612 g/mol. The third-order valence-corrected chi connectivity index (χ3v) is 5.78. The Morgan fingerprint density at radius 3 is 1.27 bits per heavy atom. The van der Waals surface area contributed by atoms with Crippen molar-refractivity contribution in [2.45, 2.75) is 88.6 Å². The summed E-state index contributed by atoms with van der Waals surface area (Å²) in [6.45, 7) is 2.16. The zero-order chi connectivity index (χ0) is 35.0. The molecule has 21 nitrogen and oxygen atoms in total. The minimum atomic E-state index is -1.90. The number of carbonyl (C=O) groups is 10. The topological polar surface area (TPSA) is 358 Å². The van der Waals surface area contributed by atoms with Gasteiger partial charge in [0.25, 0.3) is 0 Å². The number of hydrogen-bond acceptors (Lipinski definition) is 11. The molecule has 0 heterocycles. The Bertz CT molecular complexity index is 1180. The molecule has 0 aromatic heterocycles. The number of carbonyl (C=O) groups excluding carboxylic acids is 5. The molecule has 252 valence electrons. The Hall–Kier alpha value is -5.34. The first-order chi connectivity index (χ1) is 20.7. The van der Waals surface area contributed by atoms with E-state index < -0.39 is 134 Å². The maximum absolute atomic E-state index is 12.9. The van der Waals surface area contributed by atoms with Crippen LogP contribution >= 0.6 is 0 Å². The van der Waals surface area contributed by atoms with Crippen molar-refractivity contribution in [3.63, 3.8) is 0 Å². The summed E-state index contributed by atoms with van der Waals surface area (Å²) in [5.41, 5.74) is 5.45. The fourth-order valence-corrected chi connectivity index (χ4v) is 3.34. The van der Waals surface area contributed by atoms with Gasteiger partial charge in [-0.2, -0.15) is 0 Å². The average Bonchev–Trinajstić information content (AvgIpc) is 2.91. The summed E-state index contributed by atoms with van der Waals surface area (Å²) in [6.07, 6.45) is -4.24. The molecule has 0 spiro atoms. The Labute approximate surface area is 254 Å². The summed E-state index contributed by atoms with van der Waals surface area (Å²) < 4.78 is 0. The second-order valence-corrected chi connectivity index (χ2v) is 9.65. The number of rotatable bonds is 21. The Morgan fingerprint density at radius 2 is 0.867 bits per heavy atom. The maximum atomic E-state index is 12.9. The van der Waals surface area contributed by atoms with Crippen LogP contribution in [-0.2, 0) is 47.9 Å². The highest BCUT2D eigenvalue weighted by Gasteiger charge is 2.32. The van der Waals surface area contributed by atoms with Gasteiger partial charge in [0.15, 0.2) is 0 Å². The summed E-state index contributed by atoms with van der Waals surface area (Å²) in [5, 5.41) is 55.2. The van der Waals surface area contributed by atoms with E-state index in [-0.39, 0.29) is 0 Å². The van der Waals surface area contributed by atoms with Gasteiger partial charge < -0.3 is 57.9 Å². The number of nitrogens with two attached hydrogens (primary N) is 1. The van der Waals surface area contributed by atoms with E-state index in [0.717, 1.165) is 13.8 Å². The van der Waals surface area contributed by atoms with Crippen molar-refractivity contribution in [1.82, 2.24) is 26.6 Å². The molecule has 0 aliphatic heterocycles. The molecular formula is C24H36N6O15. The zero-order valence-corrected chi connectivity index (χ0v) is 24.1. The van der Waals surface area contributed by atoms with Gasteiger partial charge in [-0.15, -0.1) is 0 Å². The quantitative estimate of drug-likeness (QED) is 0.0559. The smallest absolute Gasteiger partial charge is 0.325 e. The lowest BCUT2D eigenvalue weighted by Gasteiger charge is -2.25. The predicted molar refractivity (Wildman–Crippen MR) is 145 cm³/mol. The van der Waals surface area contributed by atoms with E-state index in [9.17, 15) is 53.1 Å². The third kappa shape index (κ3) is 16.2. The number of amides is 5. The molecule has 6 atom stereocenters. The summed E-state index contributed by atoms with van der Waals surface area (Å²) in [6, 6.07) is -9.77. The highest BCUT2D eigenvalue weighted by Crippen LogP contribution is 2.04. The van der Waals surface area contributed by atoms with Crippen LogP contribution in [0.4, 0.5) is 0 Å². The van der Waals surface area contributed by atoms with Crippen LogP contribution in [0.15, 0.2) is 0 Å². The van der Waals surface area contributed by atoms with Crippen LogP contribution in [0.2, 0.25) is 0 Å². The van der Waals surface area contributed by atoms with Gasteiger partial charge in [0.2, 0.25) is 29.5 Å². The van der Waals surface area contributed by atoms with Crippen molar-refractivity contribution < 1.29 is 73.5 Å². The van der Waals surface area contributed by atoms with Crippen molar-refractivity contribution in [3.8, 4) is 0 Å². The molecule has 0 aliphatic carbocycles. The zero-order valence-electron chi connectivity index (χ0n) is 24.1. The highest BCUT2D eigenvalue weighted by molar-refractivity contribution is 5.97. The third-order valence-electron chi connectivity index (χ3n) is 5.78. The van der Waals surface area contributed by atoms with Crippen LogP contribution in [0, 0.1) is 0 Å². The fourth-order valence-electron chi connectivity index (χ4n) is 3.34. The van der Waals surface area contributed by atoms with E-state index in [1.54, 1.807) is 0 Å². The number of hydrogen-bond donors (Lipinski definition) is 11. The van der Waals surface area contributed by atoms with Crippen LogP contribution in [0.5, 0.6) is 0 Å². The molecule has 0 radical (unpaired) electrons. The van der Waals surface area contributed by atoms with Crippen LogP contribution in [0.3, 0.4) is 0 Å². The molecule has 21 heteroatoms. The maximum Gasteiger partial charge on any atom is 0.325 e. The van der Waals surface area contributed by atoms with Gasteiger partial charge in [-0.1, -0.05) is 0 Å². The van der Waals surface area contributed by atoms with Gasteiger partial charge in [0, 0.05) is 12.8 Å². The Balaban J connectivity index is 5.75. The van der Waals surface area contributed by atoms with E-state index in [0.29, 0.717) is 0 Å². The van der Waals surface area contributed by atoms with Gasteiger partial charge >= 0.3 is 29.8 Å². The minimum Gasteiger partial charge on any atom is -0.481 e. The first kappa shape index (κ1) is 39.7. The monoisotopic (exact) mass is 648 g/mol. The van der Waals surface area contributed by atoms with Gasteiger partial charge in [0.05, 0.1) is 18.9 Å². The SMILES string of the molecule is CC(NC(=O)C(CCC(=O)O)NC(=O)C(CC(=O)O)NC(=O)C(C)NC(=O)C(CCC(=O)O)NC(=O)C(N)CC(=O)O)C(=O)O. The molecule has 45 heavy (non-hydrogen) atoms. The molecule has 0 saturated carbocycles. The Morgan fingerprint density at radius 1 is 0.489 bits per heavy atom. The molecule has 0 aromatic carbocycles. The molecule has 5 amide bonds. The Kier molecular flexibility index (Phi) is 16.8. The highest BCUT2D eigenvalue weighted by atomic mass is 16.4. The van der Waals surface area contributed by atoms with Crippen molar-refractivity contribution in [3.05, 3.63) is 0 Å². The molecule has 0 aromatic rings. The van der Waals surface area contributed by atoms with E-state index in [1.807, 2.05) is 10.6 Å².